The third-order valence-electron chi connectivity index (χ3n) is 3.06. The Morgan fingerprint density at radius 2 is 1.96 bits per heavy atom. The number of esters is 1. The lowest BCUT2D eigenvalue weighted by molar-refractivity contribution is -0.123. The summed E-state index contributed by atoms with van der Waals surface area (Å²) in [4.78, 5) is 23.9. The summed E-state index contributed by atoms with van der Waals surface area (Å²) in [7, 11) is 1.48. The van der Waals surface area contributed by atoms with Crippen LogP contribution in [0.4, 0.5) is 0 Å². The van der Waals surface area contributed by atoms with Gasteiger partial charge in [-0.1, -0.05) is 35.3 Å². The number of hydrogen-bond acceptors (Lipinski definition) is 4. The van der Waals surface area contributed by atoms with E-state index in [4.69, 9.17) is 27.9 Å². The average molecular weight is 384 g/mol. The van der Waals surface area contributed by atoms with Gasteiger partial charge in [0.2, 0.25) is 0 Å². The highest BCUT2D eigenvalue weighted by molar-refractivity contribution is 7.98. The zero-order chi connectivity index (χ0) is 17.5. The zero-order valence-electron chi connectivity index (χ0n) is 12.8. The summed E-state index contributed by atoms with van der Waals surface area (Å²) in [5.74, 6) is -0.270. The van der Waals surface area contributed by atoms with Crippen molar-refractivity contribution >= 4 is 46.8 Å². The molecule has 0 spiro atoms. The van der Waals surface area contributed by atoms with E-state index >= 15 is 0 Å². The number of amides is 1. The van der Waals surface area contributed by atoms with Crippen LogP contribution in [0, 0.1) is 0 Å². The minimum atomic E-state index is -0.536. The van der Waals surface area contributed by atoms with Gasteiger partial charge in [-0.05, 0) is 35.9 Å². The van der Waals surface area contributed by atoms with E-state index in [1.165, 1.54) is 18.8 Å². The highest BCUT2D eigenvalue weighted by atomic mass is 35.5. The monoisotopic (exact) mass is 383 g/mol. The van der Waals surface area contributed by atoms with Crippen molar-refractivity contribution in [1.82, 2.24) is 5.32 Å². The van der Waals surface area contributed by atoms with Crippen molar-refractivity contribution in [1.29, 1.82) is 0 Å². The molecule has 2 rings (SSSR count). The molecule has 1 amide bonds. The Morgan fingerprint density at radius 1 is 1.17 bits per heavy atom. The number of ether oxygens (including phenoxy) is 1. The van der Waals surface area contributed by atoms with Gasteiger partial charge in [0.25, 0.3) is 5.91 Å². The number of halogens is 2. The lowest BCUT2D eigenvalue weighted by Gasteiger charge is -2.07. The number of carbonyl (C=O) groups is 2. The second-order valence-electron chi connectivity index (χ2n) is 4.81. The molecule has 0 radical (unpaired) electrons. The second-order valence-corrected chi connectivity index (χ2v) is 6.67. The molecule has 1 N–H and O–H groups in total. The molecular weight excluding hydrogens is 369 g/mol. The van der Waals surface area contributed by atoms with Crippen molar-refractivity contribution in [3.05, 3.63) is 63.6 Å². The van der Waals surface area contributed by atoms with Crippen LogP contribution in [-0.4, -0.2) is 25.5 Å². The van der Waals surface area contributed by atoms with Crippen LogP contribution in [0.25, 0.3) is 0 Å². The predicted molar refractivity (Wildman–Crippen MR) is 96.8 cm³/mol. The van der Waals surface area contributed by atoms with Crippen LogP contribution in [0.3, 0.4) is 0 Å². The molecule has 0 aliphatic heterocycles. The minimum Gasteiger partial charge on any atom is -0.452 e. The first kappa shape index (κ1) is 18.6. The molecule has 4 nitrogen and oxygen atoms in total. The first-order chi connectivity index (χ1) is 11.5. The van der Waals surface area contributed by atoms with Crippen LogP contribution in [0.15, 0.2) is 47.4 Å². The molecule has 2 aromatic carbocycles. The van der Waals surface area contributed by atoms with Gasteiger partial charge >= 0.3 is 5.97 Å². The molecule has 0 saturated heterocycles. The first-order valence-electron chi connectivity index (χ1n) is 7.04. The molecule has 24 heavy (non-hydrogen) atoms. The van der Waals surface area contributed by atoms with E-state index in [2.05, 4.69) is 5.32 Å². The molecule has 0 unspecified atom stereocenters. The van der Waals surface area contributed by atoms with E-state index < -0.39 is 5.97 Å². The third kappa shape index (κ3) is 5.44. The fourth-order valence-corrected chi connectivity index (χ4v) is 3.26. The van der Waals surface area contributed by atoms with Gasteiger partial charge in [-0.2, -0.15) is 0 Å². The SMILES string of the molecule is CNC(=O)COC(=O)c1cccc(CSc2cc(Cl)ccc2Cl)c1. The molecule has 0 aromatic heterocycles. The fourth-order valence-electron chi connectivity index (χ4n) is 1.82. The predicted octanol–water partition coefficient (Wildman–Crippen LogP) is 4.19. The Bertz CT molecular complexity index is 752. The van der Waals surface area contributed by atoms with Crippen LogP contribution in [0.5, 0.6) is 0 Å². The van der Waals surface area contributed by atoms with E-state index in [1.807, 2.05) is 6.07 Å². The molecule has 2 aromatic rings. The quantitative estimate of drug-likeness (QED) is 0.600. The van der Waals surface area contributed by atoms with Crippen LogP contribution in [-0.2, 0) is 15.3 Å². The summed E-state index contributed by atoms with van der Waals surface area (Å²) >= 11 is 13.6. The van der Waals surface area contributed by atoms with Crippen molar-refractivity contribution in [2.75, 3.05) is 13.7 Å². The Morgan fingerprint density at radius 3 is 2.71 bits per heavy atom. The molecule has 0 aliphatic rings. The van der Waals surface area contributed by atoms with Gasteiger partial charge in [0.05, 0.1) is 10.6 Å². The van der Waals surface area contributed by atoms with Gasteiger partial charge in [-0.3, -0.25) is 4.79 Å². The summed E-state index contributed by atoms with van der Waals surface area (Å²) < 4.78 is 4.94. The number of hydrogen-bond donors (Lipinski definition) is 1. The Kier molecular flexibility index (Phi) is 6.97. The summed E-state index contributed by atoms with van der Waals surface area (Å²) in [6, 6.07) is 12.3. The normalized spacial score (nSPS) is 10.3. The summed E-state index contributed by atoms with van der Waals surface area (Å²) in [6.07, 6.45) is 0. The van der Waals surface area contributed by atoms with Crippen molar-refractivity contribution < 1.29 is 14.3 Å². The number of thioether (sulfide) groups is 1. The third-order valence-corrected chi connectivity index (χ3v) is 4.87. The number of nitrogens with one attached hydrogen (secondary N) is 1. The fraction of sp³-hybridized carbons (Fsp3) is 0.176. The van der Waals surface area contributed by atoms with E-state index in [0.717, 1.165) is 10.5 Å². The van der Waals surface area contributed by atoms with Crippen LogP contribution < -0.4 is 5.32 Å². The number of benzene rings is 2. The molecular formula is C17H15Cl2NO3S. The van der Waals surface area contributed by atoms with Crippen molar-refractivity contribution in [2.24, 2.45) is 0 Å². The van der Waals surface area contributed by atoms with Crippen molar-refractivity contribution in [3.63, 3.8) is 0 Å². The maximum Gasteiger partial charge on any atom is 0.338 e. The highest BCUT2D eigenvalue weighted by Crippen LogP contribution is 2.32. The molecule has 0 aliphatic carbocycles. The van der Waals surface area contributed by atoms with Crippen LogP contribution in [0.2, 0.25) is 10.0 Å². The summed E-state index contributed by atoms with van der Waals surface area (Å²) in [6.45, 7) is -0.299. The van der Waals surface area contributed by atoms with Gasteiger partial charge in [-0.25, -0.2) is 4.79 Å². The molecule has 0 heterocycles. The summed E-state index contributed by atoms with van der Waals surface area (Å²) in [5.41, 5.74) is 1.33. The number of likely N-dealkylation sites (N-methyl/N-ethyl adjacent to an activating group) is 1. The van der Waals surface area contributed by atoms with Gasteiger partial charge < -0.3 is 10.1 Å². The lowest BCUT2D eigenvalue weighted by atomic mass is 10.1. The lowest BCUT2D eigenvalue weighted by Crippen LogP contribution is -2.25. The largest absolute Gasteiger partial charge is 0.452 e. The molecule has 0 fully saturated rings. The average Bonchev–Trinajstić information content (AvgIpc) is 2.60. The molecule has 7 heteroatoms. The van der Waals surface area contributed by atoms with Gasteiger partial charge in [0, 0.05) is 22.7 Å². The van der Waals surface area contributed by atoms with Gasteiger partial charge in [-0.15, -0.1) is 11.8 Å². The standard InChI is InChI=1S/C17H15Cl2NO3S/c1-20-16(21)9-23-17(22)12-4-2-3-11(7-12)10-24-15-8-13(18)5-6-14(15)19/h2-8H,9-10H2,1H3,(H,20,21). The highest BCUT2D eigenvalue weighted by Gasteiger charge is 2.10. The zero-order valence-corrected chi connectivity index (χ0v) is 15.2. The molecule has 0 bridgehead atoms. The van der Waals surface area contributed by atoms with Crippen molar-refractivity contribution in [3.8, 4) is 0 Å². The Balaban J connectivity index is 2.01. The first-order valence-corrected chi connectivity index (χ1v) is 8.78. The van der Waals surface area contributed by atoms with Gasteiger partial charge in [0.1, 0.15) is 0 Å². The smallest absolute Gasteiger partial charge is 0.338 e. The van der Waals surface area contributed by atoms with E-state index in [-0.39, 0.29) is 12.5 Å². The van der Waals surface area contributed by atoms with E-state index in [1.54, 1.807) is 36.4 Å². The second kappa shape index (κ2) is 8.97. The van der Waals surface area contributed by atoms with Crippen LogP contribution >= 0.6 is 35.0 Å². The van der Waals surface area contributed by atoms with E-state index in [0.29, 0.717) is 21.4 Å². The van der Waals surface area contributed by atoms with Gasteiger partial charge in [0.15, 0.2) is 6.61 Å². The number of rotatable bonds is 6. The Hall–Kier alpha value is -1.69. The molecule has 0 saturated carbocycles. The maximum absolute atomic E-state index is 11.9. The molecule has 126 valence electrons. The van der Waals surface area contributed by atoms with E-state index in [9.17, 15) is 9.59 Å². The maximum atomic E-state index is 11.9. The van der Waals surface area contributed by atoms with Crippen molar-refractivity contribution in [2.45, 2.75) is 10.6 Å². The Labute approximate surface area is 154 Å². The topological polar surface area (TPSA) is 55.4 Å². The minimum absolute atomic E-state index is 0.299. The number of carbonyl (C=O) groups excluding carboxylic acids is 2. The van der Waals surface area contributed by atoms with Crippen LogP contribution in [0.1, 0.15) is 15.9 Å². The molecule has 0 atom stereocenters. The summed E-state index contributed by atoms with van der Waals surface area (Å²) in [5, 5.41) is 3.64.